The zero-order valence-electron chi connectivity index (χ0n) is 21.0. The van der Waals surface area contributed by atoms with E-state index in [1.807, 2.05) is 10.6 Å². The Kier molecular flexibility index (Phi) is 5.33. The summed E-state index contributed by atoms with van der Waals surface area (Å²) in [7, 11) is 0. The van der Waals surface area contributed by atoms with E-state index in [-0.39, 0.29) is 0 Å². The Balaban J connectivity index is 1.60. The lowest BCUT2D eigenvalue weighted by atomic mass is 9.99. The maximum Gasteiger partial charge on any atom is 0.182 e. The molecule has 3 heterocycles. The van der Waals surface area contributed by atoms with Gasteiger partial charge in [0.25, 0.3) is 0 Å². The zero-order chi connectivity index (χ0) is 25.5. The summed E-state index contributed by atoms with van der Waals surface area (Å²) in [5.74, 6) is 0.694. The molecule has 0 atom stereocenters. The molecule has 0 amide bonds. The van der Waals surface area contributed by atoms with E-state index < -0.39 is 0 Å². The van der Waals surface area contributed by atoms with E-state index in [0.717, 1.165) is 44.6 Å². The van der Waals surface area contributed by atoms with Crippen LogP contribution in [0.5, 0.6) is 0 Å². The van der Waals surface area contributed by atoms with Gasteiger partial charge in [0.1, 0.15) is 12.0 Å². The molecule has 4 aromatic carbocycles. The molecule has 182 valence electrons. The van der Waals surface area contributed by atoms with E-state index in [9.17, 15) is 0 Å². The summed E-state index contributed by atoms with van der Waals surface area (Å²) in [4.78, 5) is 10.1. The zero-order valence-corrected chi connectivity index (χ0v) is 21.0. The molecule has 0 unspecified atom stereocenters. The summed E-state index contributed by atoms with van der Waals surface area (Å²) < 4.78 is 4.14. The molecule has 0 radical (unpaired) electrons. The van der Waals surface area contributed by atoms with E-state index in [1.165, 1.54) is 11.1 Å². The van der Waals surface area contributed by atoms with Crippen molar-refractivity contribution in [3.05, 3.63) is 133 Å². The van der Waals surface area contributed by atoms with E-state index in [0.29, 0.717) is 12.4 Å². The molecule has 0 aliphatic carbocycles. The highest BCUT2D eigenvalue weighted by atomic mass is 15.3. The Morgan fingerprint density at radius 1 is 0.658 bits per heavy atom. The Bertz CT molecular complexity index is 1880. The molecular formula is C33H25N5. The maximum absolute atomic E-state index is 5.09. The quantitative estimate of drug-likeness (QED) is 0.251. The van der Waals surface area contributed by atoms with Crippen LogP contribution in [0.3, 0.4) is 0 Å². The molecule has 0 saturated carbocycles. The van der Waals surface area contributed by atoms with Gasteiger partial charge in [-0.05, 0) is 29.7 Å². The monoisotopic (exact) mass is 491 g/mol. The van der Waals surface area contributed by atoms with Gasteiger partial charge in [-0.3, -0.25) is 0 Å². The SMILES string of the molecule is Cc1cccc(-c2nc3c4c(-c5ccccc5)c(-c5ccccc5)n(Cc5ccccc5)c4ncn3n2)c1. The Hall–Kier alpha value is -5.03. The number of hydrogen-bond acceptors (Lipinski definition) is 3. The average Bonchev–Trinajstić information content (AvgIpc) is 3.54. The molecule has 0 spiro atoms. The van der Waals surface area contributed by atoms with Gasteiger partial charge in [0.15, 0.2) is 11.5 Å². The first-order valence-corrected chi connectivity index (χ1v) is 12.8. The third-order valence-electron chi connectivity index (χ3n) is 6.95. The van der Waals surface area contributed by atoms with Crippen LogP contribution < -0.4 is 0 Å². The van der Waals surface area contributed by atoms with E-state index >= 15 is 0 Å². The lowest BCUT2D eigenvalue weighted by Crippen LogP contribution is -2.03. The minimum atomic E-state index is 0.691. The van der Waals surface area contributed by atoms with Crippen molar-refractivity contribution in [2.75, 3.05) is 0 Å². The van der Waals surface area contributed by atoms with Crippen LogP contribution in [0.1, 0.15) is 11.1 Å². The summed E-state index contributed by atoms with van der Waals surface area (Å²) in [5, 5.41) is 5.84. The average molecular weight is 492 g/mol. The molecule has 5 heteroatoms. The van der Waals surface area contributed by atoms with Gasteiger partial charge in [0.05, 0.1) is 11.1 Å². The molecule has 7 rings (SSSR count). The normalized spacial score (nSPS) is 11.4. The lowest BCUT2D eigenvalue weighted by Gasteiger charge is -2.13. The van der Waals surface area contributed by atoms with Gasteiger partial charge in [-0.25, -0.2) is 14.5 Å². The number of fused-ring (bicyclic) bond motifs is 3. The molecule has 5 nitrogen and oxygen atoms in total. The maximum atomic E-state index is 5.09. The first-order valence-electron chi connectivity index (χ1n) is 12.8. The van der Waals surface area contributed by atoms with Crippen LogP contribution in [-0.2, 0) is 6.54 Å². The van der Waals surface area contributed by atoms with Crippen molar-refractivity contribution in [1.82, 2.24) is 24.1 Å². The van der Waals surface area contributed by atoms with Crippen LogP contribution in [0.15, 0.2) is 122 Å². The van der Waals surface area contributed by atoms with Gasteiger partial charge in [0, 0.05) is 17.7 Å². The first-order chi connectivity index (χ1) is 18.8. The number of nitrogens with zero attached hydrogens (tertiary/aromatic N) is 5. The van der Waals surface area contributed by atoms with Crippen LogP contribution in [0.4, 0.5) is 0 Å². The van der Waals surface area contributed by atoms with Gasteiger partial charge in [-0.15, -0.1) is 5.10 Å². The molecule has 38 heavy (non-hydrogen) atoms. The van der Waals surface area contributed by atoms with Gasteiger partial charge in [-0.2, -0.15) is 0 Å². The standard InChI is InChI=1S/C33H25N5/c1-23-12-11-19-27(20-23)31-35-33-29-28(25-15-7-3-8-16-25)30(26-17-9-4-10-18-26)37(21-24-13-5-2-6-14-24)32(29)34-22-38(33)36-31/h2-20,22H,21H2,1H3. The van der Waals surface area contributed by atoms with Crippen molar-refractivity contribution < 1.29 is 0 Å². The van der Waals surface area contributed by atoms with Crippen molar-refractivity contribution in [3.63, 3.8) is 0 Å². The van der Waals surface area contributed by atoms with Crippen molar-refractivity contribution >= 4 is 16.7 Å². The van der Waals surface area contributed by atoms with Crippen LogP contribution in [0, 0.1) is 6.92 Å². The van der Waals surface area contributed by atoms with Crippen LogP contribution in [-0.4, -0.2) is 24.1 Å². The second kappa shape index (κ2) is 9.12. The van der Waals surface area contributed by atoms with Gasteiger partial charge >= 0.3 is 0 Å². The van der Waals surface area contributed by atoms with E-state index in [2.05, 4.69) is 121 Å². The van der Waals surface area contributed by atoms with E-state index in [1.54, 1.807) is 6.33 Å². The van der Waals surface area contributed by atoms with Crippen molar-refractivity contribution in [1.29, 1.82) is 0 Å². The number of benzene rings is 4. The molecule has 3 aromatic heterocycles. The van der Waals surface area contributed by atoms with E-state index in [4.69, 9.17) is 15.1 Å². The number of rotatable bonds is 5. The minimum Gasteiger partial charge on any atom is -0.320 e. The molecule has 0 fully saturated rings. The molecule has 7 aromatic rings. The van der Waals surface area contributed by atoms with Gasteiger partial charge in [-0.1, -0.05) is 115 Å². The predicted molar refractivity (Wildman–Crippen MR) is 153 cm³/mol. The third kappa shape index (κ3) is 3.76. The number of hydrogen-bond donors (Lipinski definition) is 0. The van der Waals surface area contributed by atoms with Gasteiger partial charge in [0.2, 0.25) is 0 Å². The highest BCUT2D eigenvalue weighted by molar-refractivity contribution is 6.09. The second-order valence-electron chi connectivity index (χ2n) is 9.54. The fourth-order valence-electron chi connectivity index (χ4n) is 5.24. The summed E-state index contributed by atoms with van der Waals surface area (Å²) in [6.45, 7) is 2.78. The Morgan fingerprint density at radius 2 is 1.32 bits per heavy atom. The Morgan fingerprint density at radius 3 is 2.03 bits per heavy atom. The molecule has 0 N–H and O–H groups in total. The molecule has 0 saturated heterocycles. The minimum absolute atomic E-state index is 0.691. The highest BCUT2D eigenvalue weighted by Gasteiger charge is 2.25. The topological polar surface area (TPSA) is 48.0 Å². The molecule has 0 aliphatic rings. The highest BCUT2D eigenvalue weighted by Crippen LogP contribution is 2.42. The van der Waals surface area contributed by atoms with Crippen LogP contribution in [0.25, 0.3) is 50.5 Å². The van der Waals surface area contributed by atoms with Gasteiger partial charge < -0.3 is 4.57 Å². The molecule has 0 bridgehead atoms. The summed E-state index contributed by atoms with van der Waals surface area (Å²) in [5.41, 5.74) is 9.57. The molecular weight excluding hydrogens is 466 g/mol. The lowest BCUT2D eigenvalue weighted by molar-refractivity contribution is 0.826. The van der Waals surface area contributed by atoms with Crippen LogP contribution in [0.2, 0.25) is 0 Å². The molecule has 0 aliphatic heterocycles. The fraction of sp³-hybridized carbons (Fsp3) is 0.0606. The summed E-state index contributed by atoms with van der Waals surface area (Å²) >= 11 is 0. The second-order valence-corrected chi connectivity index (χ2v) is 9.54. The van der Waals surface area contributed by atoms with Crippen molar-refractivity contribution in [3.8, 4) is 33.8 Å². The van der Waals surface area contributed by atoms with Crippen molar-refractivity contribution in [2.24, 2.45) is 0 Å². The summed E-state index contributed by atoms with van der Waals surface area (Å²) in [6.07, 6.45) is 1.79. The first kappa shape index (κ1) is 22.2. The summed E-state index contributed by atoms with van der Waals surface area (Å²) in [6, 6.07) is 40.0. The number of aryl methyl sites for hydroxylation is 1. The predicted octanol–water partition coefficient (Wildman–Crippen LogP) is 7.44. The number of aromatic nitrogens is 5. The van der Waals surface area contributed by atoms with Crippen molar-refractivity contribution in [2.45, 2.75) is 13.5 Å². The fourth-order valence-corrected chi connectivity index (χ4v) is 5.24. The largest absolute Gasteiger partial charge is 0.320 e. The van der Waals surface area contributed by atoms with Crippen LogP contribution >= 0.6 is 0 Å². The Labute approximate surface area is 220 Å². The smallest absolute Gasteiger partial charge is 0.182 e. The third-order valence-corrected chi connectivity index (χ3v) is 6.95.